The van der Waals surface area contributed by atoms with Gasteiger partial charge in [0.2, 0.25) is 0 Å². The molecule has 0 fully saturated rings. The number of ether oxygens (including phenoxy) is 3. The molecule has 0 atom stereocenters. The lowest BCUT2D eigenvalue weighted by Crippen LogP contribution is -2.10. The molecule has 0 spiro atoms. The van der Waals surface area contributed by atoms with E-state index in [0.29, 0.717) is 29.1 Å². The Morgan fingerprint density at radius 3 is 2.65 bits per heavy atom. The molecule has 0 amide bonds. The maximum Gasteiger partial charge on any atom is 0.432 e. The first-order valence-electron chi connectivity index (χ1n) is 7.83. The highest BCUT2D eigenvalue weighted by Gasteiger charge is 2.15. The van der Waals surface area contributed by atoms with Gasteiger partial charge in [0, 0.05) is 42.1 Å². The van der Waals surface area contributed by atoms with E-state index < -0.39 is 6.09 Å². The van der Waals surface area contributed by atoms with Crippen LogP contribution in [0.4, 0.5) is 4.79 Å². The number of carbonyl (C=O) groups is 1. The minimum atomic E-state index is -1.17. The molecule has 0 aliphatic carbocycles. The van der Waals surface area contributed by atoms with Crippen LogP contribution < -0.4 is 4.74 Å². The van der Waals surface area contributed by atoms with Crippen molar-refractivity contribution in [2.45, 2.75) is 6.92 Å². The van der Waals surface area contributed by atoms with E-state index in [9.17, 15) is 9.90 Å². The van der Waals surface area contributed by atoms with Crippen LogP contribution in [0, 0.1) is 6.92 Å². The second-order valence-electron chi connectivity index (χ2n) is 5.43. The van der Waals surface area contributed by atoms with Gasteiger partial charge in [-0.2, -0.15) is 9.78 Å². The third-order valence-electron chi connectivity index (χ3n) is 3.63. The fourth-order valence-corrected chi connectivity index (χ4v) is 2.44. The second kappa shape index (κ2) is 7.89. The second-order valence-corrected chi connectivity index (χ2v) is 5.43. The summed E-state index contributed by atoms with van der Waals surface area (Å²) >= 11 is 0. The Kier molecular flexibility index (Phi) is 5.40. The van der Waals surface area contributed by atoms with E-state index in [1.807, 2.05) is 0 Å². The van der Waals surface area contributed by atoms with Crippen molar-refractivity contribution in [3.8, 4) is 16.9 Å². The molecule has 0 bridgehead atoms. The third kappa shape index (κ3) is 3.79. The molecule has 0 aliphatic heterocycles. The SMILES string of the molecule is COCOCCOc1cc2c(cnn2C(=O)O)cc1-c1cnc(C)nc1. The lowest BCUT2D eigenvalue weighted by Gasteiger charge is -2.12. The van der Waals surface area contributed by atoms with Gasteiger partial charge in [-0.15, -0.1) is 0 Å². The third-order valence-corrected chi connectivity index (χ3v) is 3.63. The number of fused-ring (bicyclic) bond motifs is 1. The van der Waals surface area contributed by atoms with Gasteiger partial charge in [0.15, 0.2) is 0 Å². The molecule has 9 nitrogen and oxygen atoms in total. The van der Waals surface area contributed by atoms with Crippen LogP contribution in [-0.4, -0.2) is 58.1 Å². The highest BCUT2D eigenvalue weighted by Crippen LogP contribution is 2.33. The Balaban J connectivity index is 1.98. The first-order valence-corrected chi connectivity index (χ1v) is 7.83. The van der Waals surface area contributed by atoms with Crippen molar-refractivity contribution < 1.29 is 24.1 Å². The molecule has 0 radical (unpaired) electrons. The number of methoxy groups -OCH3 is 1. The summed E-state index contributed by atoms with van der Waals surface area (Å²) in [7, 11) is 1.54. The van der Waals surface area contributed by atoms with E-state index in [-0.39, 0.29) is 13.4 Å². The molecule has 0 unspecified atom stereocenters. The van der Waals surface area contributed by atoms with E-state index >= 15 is 0 Å². The van der Waals surface area contributed by atoms with Crippen LogP contribution in [0.15, 0.2) is 30.7 Å². The van der Waals surface area contributed by atoms with Crippen molar-refractivity contribution in [1.82, 2.24) is 19.7 Å². The molecule has 1 aromatic carbocycles. The van der Waals surface area contributed by atoms with Gasteiger partial charge in [0.1, 0.15) is 25.0 Å². The van der Waals surface area contributed by atoms with Gasteiger partial charge in [-0.05, 0) is 13.0 Å². The van der Waals surface area contributed by atoms with Crippen molar-refractivity contribution in [3.63, 3.8) is 0 Å². The lowest BCUT2D eigenvalue weighted by atomic mass is 10.1. The zero-order valence-corrected chi connectivity index (χ0v) is 14.4. The average Bonchev–Trinajstić information content (AvgIpc) is 3.04. The van der Waals surface area contributed by atoms with Gasteiger partial charge in [0.05, 0.1) is 18.3 Å². The minimum Gasteiger partial charge on any atom is -0.490 e. The van der Waals surface area contributed by atoms with Crippen molar-refractivity contribution >= 4 is 17.0 Å². The topological polar surface area (TPSA) is 109 Å². The molecule has 3 aromatic rings. The van der Waals surface area contributed by atoms with Gasteiger partial charge in [0.25, 0.3) is 0 Å². The van der Waals surface area contributed by atoms with Gasteiger partial charge >= 0.3 is 6.09 Å². The number of carboxylic acid groups (broad SMARTS) is 1. The van der Waals surface area contributed by atoms with Crippen LogP contribution in [0.25, 0.3) is 22.0 Å². The molecular weight excluding hydrogens is 340 g/mol. The number of nitrogens with zero attached hydrogens (tertiary/aromatic N) is 4. The molecule has 3 rings (SSSR count). The van der Waals surface area contributed by atoms with E-state index in [2.05, 4.69) is 15.1 Å². The van der Waals surface area contributed by atoms with E-state index in [1.54, 1.807) is 31.5 Å². The molecule has 2 heterocycles. The smallest absolute Gasteiger partial charge is 0.432 e. The first kappa shape index (κ1) is 17.8. The van der Waals surface area contributed by atoms with Crippen LogP contribution in [0.2, 0.25) is 0 Å². The first-order chi connectivity index (χ1) is 12.6. The van der Waals surface area contributed by atoms with Crippen molar-refractivity contribution in [2.75, 3.05) is 27.1 Å². The number of rotatable bonds is 7. The summed E-state index contributed by atoms with van der Waals surface area (Å²) in [6, 6.07) is 3.45. The zero-order chi connectivity index (χ0) is 18.5. The van der Waals surface area contributed by atoms with Crippen LogP contribution in [0.5, 0.6) is 5.75 Å². The van der Waals surface area contributed by atoms with Crippen molar-refractivity contribution in [3.05, 3.63) is 36.5 Å². The van der Waals surface area contributed by atoms with Gasteiger partial charge in [-0.3, -0.25) is 0 Å². The molecule has 1 N–H and O–H groups in total. The van der Waals surface area contributed by atoms with Gasteiger partial charge in [-0.25, -0.2) is 14.8 Å². The largest absolute Gasteiger partial charge is 0.490 e. The Hall–Kier alpha value is -3.04. The lowest BCUT2D eigenvalue weighted by molar-refractivity contribution is -0.0387. The number of hydrogen-bond acceptors (Lipinski definition) is 7. The van der Waals surface area contributed by atoms with Crippen molar-refractivity contribution in [1.29, 1.82) is 0 Å². The predicted molar refractivity (Wildman–Crippen MR) is 92.2 cm³/mol. The fraction of sp³-hybridized carbons (Fsp3) is 0.294. The molecule has 26 heavy (non-hydrogen) atoms. The van der Waals surface area contributed by atoms with E-state index in [1.165, 1.54) is 13.3 Å². The summed E-state index contributed by atoms with van der Waals surface area (Å²) in [5.41, 5.74) is 1.93. The number of benzene rings is 1. The molecule has 0 saturated carbocycles. The summed E-state index contributed by atoms with van der Waals surface area (Å²) in [6.45, 7) is 2.57. The minimum absolute atomic E-state index is 0.173. The maximum absolute atomic E-state index is 11.3. The summed E-state index contributed by atoms with van der Waals surface area (Å²) < 4.78 is 16.7. The standard InChI is InChI=1S/C17H18N4O5/c1-11-18-7-13(8-19-11)14-5-12-9-20-21(17(22)23)15(12)6-16(14)26-4-3-25-10-24-2/h5-9H,3-4,10H2,1-2H3,(H,22,23). The average molecular weight is 358 g/mol. The summed E-state index contributed by atoms with van der Waals surface area (Å²) in [5, 5.41) is 13.8. The molecule has 2 aromatic heterocycles. The highest BCUT2D eigenvalue weighted by molar-refractivity contribution is 5.92. The molecule has 0 saturated heterocycles. The van der Waals surface area contributed by atoms with Crippen LogP contribution in [0.3, 0.4) is 0 Å². The van der Waals surface area contributed by atoms with Crippen LogP contribution in [0.1, 0.15) is 5.82 Å². The Morgan fingerprint density at radius 1 is 1.19 bits per heavy atom. The maximum atomic E-state index is 11.3. The Morgan fingerprint density at radius 2 is 1.96 bits per heavy atom. The van der Waals surface area contributed by atoms with Crippen molar-refractivity contribution in [2.24, 2.45) is 0 Å². The number of aromatic nitrogens is 4. The molecule has 0 aliphatic rings. The zero-order valence-electron chi connectivity index (χ0n) is 14.4. The van der Waals surface area contributed by atoms with Crippen LogP contribution in [-0.2, 0) is 9.47 Å². The number of hydrogen-bond donors (Lipinski definition) is 1. The van der Waals surface area contributed by atoms with E-state index in [0.717, 1.165) is 15.8 Å². The normalized spacial score (nSPS) is 11.0. The number of aryl methyl sites for hydroxylation is 1. The molecule has 9 heteroatoms. The summed E-state index contributed by atoms with van der Waals surface area (Å²) in [5.74, 6) is 1.15. The van der Waals surface area contributed by atoms with E-state index in [4.69, 9.17) is 14.2 Å². The quantitative estimate of drug-likeness (QED) is 0.506. The van der Waals surface area contributed by atoms with Crippen LogP contribution >= 0.6 is 0 Å². The highest BCUT2D eigenvalue weighted by atomic mass is 16.7. The Bertz CT molecular complexity index is 907. The molecule has 136 valence electrons. The predicted octanol–water partition coefficient (Wildman–Crippen LogP) is 2.33. The fourth-order valence-electron chi connectivity index (χ4n) is 2.44. The molecular formula is C17H18N4O5. The van der Waals surface area contributed by atoms with Gasteiger partial charge < -0.3 is 19.3 Å². The Labute approximate surface area is 149 Å². The van der Waals surface area contributed by atoms with Gasteiger partial charge in [-0.1, -0.05) is 0 Å². The summed E-state index contributed by atoms with van der Waals surface area (Å²) in [4.78, 5) is 19.7. The monoisotopic (exact) mass is 358 g/mol. The summed E-state index contributed by atoms with van der Waals surface area (Å²) in [6.07, 6.45) is 3.72.